The van der Waals surface area contributed by atoms with Crippen LogP contribution in [0.15, 0.2) is 0 Å². The molecule has 1 aliphatic rings. The molecule has 0 saturated heterocycles. The second kappa shape index (κ2) is 9.02. The van der Waals surface area contributed by atoms with E-state index < -0.39 is 90.6 Å². The monoisotopic (exact) mass is 616 g/mol. The van der Waals surface area contributed by atoms with Crippen LogP contribution in [0.4, 0.5) is 92.2 Å². The van der Waals surface area contributed by atoms with Crippen LogP contribution in [0.1, 0.15) is 32.6 Å². The van der Waals surface area contributed by atoms with Gasteiger partial charge in [0.1, 0.15) is 0 Å². The fourth-order valence-corrected chi connectivity index (χ4v) is 3.60. The minimum atomic E-state index is -9.13. The molecular formula is C17H13F21. The van der Waals surface area contributed by atoms with Gasteiger partial charge in [0.25, 0.3) is 0 Å². The first kappa shape index (κ1) is 34.6. The van der Waals surface area contributed by atoms with Crippen LogP contribution in [0.2, 0.25) is 0 Å². The molecule has 1 saturated carbocycles. The van der Waals surface area contributed by atoms with Crippen LogP contribution >= 0.6 is 0 Å². The molecule has 2 atom stereocenters. The molecule has 0 bridgehead atoms. The highest BCUT2D eigenvalue weighted by Gasteiger charge is 2.98. The molecule has 38 heavy (non-hydrogen) atoms. The standard InChI is InChI=1S/C17H13F21/c1-2-6-3-4-7(5-6)8(18,19)9(20,21)10(22,23)11(24,25)12(26,27)13(28,29)14(30,31)15(32,33)16(34,35)17(36,37)38/h6-7H,2-5H2,1H3. The van der Waals surface area contributed by atoms with E-state index >= 15 is 0 Å². The molecule has 0 heterocycles. The van der Waals surface area contributed by atoms with E-state index in [1.165, 1.54) is 6.92 Å². The Kier molecular flexibility index (Phi) is 8.20. The smallest absolute Gasteiger partial charge is 0.199 e. The van der Waals surface area contributed by atoms with E-state index in [0.29, 0.717) is 0 Å². The minimum Gasteiger partial charge on any atom is -0.199 e. The first-order chi connectivity index (χ1) is 16.3. The highest BCUT2D eigenvalue weighted by Crippen LogP contribution is 2.67. The zero-order valence-electron chi connectivity index (χ0n) is 17.9. The molecule has 0 amide bonds. The first-order valence-electron chi connectivity index (χ1n) is 9.76. The maximum absolute atomic E-state index is 14.1. The third-order valence-corrected chi connectivity index (χ3v) is 6.17. The number of rotatable bonds is 10. The molecular weight excluding hydrogens is 603 g/mol. The number of hydrogen-bond donors (Lipinski definition) is 0. The lowest BCUT2D eigenvalue weighted by molar-refractivity contribution is -0.475. The van der Waals surface area contributed by atoms with E-state index in [0.717, 1.165) is 0 Å². The van der Waals surface area contributed by atoms with Crippen LogP contribution in [0.25, 0.3) is 0 Å². The van der Waals surface area contributed by atoms with Gasteiger partial charge < -0.3 is 0 Å². The maximum Gasteiger partial charge on any atom is 0.460 e. The van der Waals surface area contributed by atoms with E-state index in [1.54, 1.807) is 0 Å². The molecule has 1 rings (SSSR count). The highest BCUT2D eigenvalue weighted by molar-refractivity contribution is 5.18. The Bertz CT molecular complexity index is 850. The maximum atomic E-state index is 14.1. The summed E-state index contributed by atoms with van der Waals surface area (Å²) in [6.07, 6.45) is -10.8. The van der Waals surface area contributed by atoms with Crippen molar-refractivity contribution in [2.45, 2.75) is 92.1 Å². The van der Waals surface area contributed by atoms with Gasteiger partial charge in [-0.15, -0.1) is 0 Å². The first-order valence-corrected chi connectivity index (χ1v) is 9.76. The van der Waals surface area contributed by atoms with Crippen molar-refractivity contribution in [2.24, 2.45) is 11.8 Å². The molecule has 0 radical (unpaired) electrons. The van der Waals surface area contributed by atoms with Gasteiger partial charge in [-0.05, 0) is 25.2 Å². The van der Waals surface area contributed by atoms with Gasteiger partial charge in [-0.3, -0.25) is 0 Å². The van der Waals surface area contributed by atoms with Gasteiger partial charge >= 0.3 is 59.5 Å². The van der Waals surface area contributed by atoms with Crippen LogP contribution < -0.4 is 0 Å². The molecule has 1 fully saturated rings. The second-order valence-corrected chi connectivity index (χ2v) is 8.50. The van der Waals surface area contributed by atoms with Gasteiger partial charge in [0, 0.05) is 5.92 Å². The van der Waals surface area contributed by atoms with E-state index in [-0.39, 0.29) is 6.42 Å². The Labute approximate surface area is 197 Å². The van der Waals surface area contributed by atoms with Gasteiger partial charge in [0.2, 0.25) is 0 Å². The molecule has 0 spiro atoms. The summed E-state index contributed by atoms with van der Waals surface area (Å²) in [4.78, 5) is 0. The largest absolute Gasteiger partial charge is 0.460 e. The number of hydrogen-bond acceptors (Lipinski definition) is 0. The lowest BCUT2D eigenvalue weighted by Gasteiger charge is -2.45. The van der Waals surface area contributed by atoms with Crippen LogP contribution in [0.3, 0.4) is 0 Å². The van der Waals surface area contributed by atoms with Crippen molar-refractivity contribution in [3.8, 4) is 0 Å². The summed E-state index contributed by atoms with van der Waals surface area (Å²) in [6, 6.07) is 0. The van der Waals surface area contributed by atoms with E-state index in [1.807, 2.05) is 0 Å². The average Bonchev–Trinajstić information content (AvgIpc) is 3.21. The molecule has 0 aliphatic heterocycles. The van der Waals surface area contributed by atoms with Gasteiger partial charge in [-0.25, -0.2) is 0 Å². The van der Waals surface area contributed by atoms with Gasteiger partial charge in [-0.1, -0.05) is 13.3 Å². The third kappa shape index (κ3) is 4.17. The molecule has 21 heteroatoms. The number of halogens is 21. The Morgan fingerprint density at radius 3 is 0.974 bits per heavy atom. The lowest BCUT2D eigenvalue weighted by atomic mass is 9.83. The summed E-state index contributed by atoms with van der Waals surface area (Å²) in [5.74, 6) is -80.1. The molecule has 0 aromatic rings. The van der Waals surface area contributed by atoms with Crippen LogP contribution in [-0.2, 0) is 0 Å². The Morgan fingerprint density at radius 2 is 0.711 bits per heavy atom. The van der Waals surface area contributed by atoms with Gasteiger partial charge in [0.05, 0.1) is 0 Å². The lowest BCUT2D eigenvalue weighted by Crippen LogP contribution is -2.77. The van der Waals surface area contributed by atoms with E-state index in [2.05, 4.69) is 0 Å². The summed E-state index contributed by atoms with van der Waals surface area (Å²) in [5, 5.41) is 0. The molecule has 0 N–H and O–H groups in total. The topological polar surface area (TPSA) is 0 Å². The molecule has 1 aliphatic carbocycles. The fourth-order valence-electron chi connectivity index (χ4n) is 3.60. The van der Waals surface area contributed by atoms with Crippen molar-refractivity contribution in [1.82, 2.24) is 0 Å². The molecule has 0 aromatic carbocycles. The molecule has 0 nitrogen and oxygen atoms in total. The van der Waals surface area contributed by atoms with Crippen molar-refractivity contribution >= 4 is 0 Å². The fraction of sp³-hybridized carbons (Fsp3) is 1.00. The second-order valence-electron chi connectivity index (χ2n) is 8.50. The predicted molar refractivity (Wildman–Crippen MR) is 81.7 cm³/mol. The average molecular weight is 616 g/mol. The third-order valence-electron chi connectivity index (χ3n) is 6.17. The van der Waals surface area contributed by atoms with Gasteiger partial charge in [-0.2, -0.15) is 92.2 Å². The number of alkyl halides is 21. The minimum absolute atomic E-state index is 0.0825. The SMILES string of the molecule is CCC1CCC(C(F)(F)C(F)(F)C(F)(F)C(F)(F)C(F)(F)C(F)(F)C(F)(F)C(F)(F)C(F)(F)C(F)(F)F)C1. The normalized spacial score (nSPS) is 22.3. The molecule has 2 unspecified atom stereocenters. The quantitative estimate of drug-likeness (QED) is 0.215. The van der Waals surface area contributed by atoms with E-state index in [9.17, 15) is 92.2 Å². The summed E-state index contributed by atoms with van der Waals surface area (Å²) >= 11 is 0. The van der Waals surface area contributed by atoms with Crippen molar-refractivity contribution in [3.63, 3.8) is 0 Å². The Balaban J connectivity index is 3.70. The molecule has 0 aromatic heterocycles. The van der Waals surface area contributed by atoms with Crippen LogP contribution in [0.5, 0.6) is 0 Å². The van der Waals surface area contributed by atoms with Crippen LogP contribution in [-0.4, -0.2) is 59.5 Å². The summed E-state index contributed by atoms with van der Waals surface area (Å²) in [5.41, 5.74) is 0. The zero-order chi connectivity index (χ0) is 31.0. The van der Waals surface area contributed by atoms with Crippen molar-refractivity contribution in [1.29, 1.82) is 0 Å². The Morgan fingerprint density at radius 1 is 0.421 bits per heavy atom. The highest BCUT2D eigenvalue weighted by atomic mass is 19.4. The van der Waals surface area contributed by atoms with E-state index in [4.69, 9.17) is 0 Å². The molecule has 228 valence electrons. The predicted octanol–water partition coefficient (Wildman–Crippen LogP) is 9.09. The van der Waals surface area contributed by atoms with Crippen molar-refractivity contribution < 1.29 is 92.2 Å². The van der Waals surface area contributed by atoms with Crippen molar-refractivity contribution in [3.05, 3.63) is 0 Å². The van der Waals surface area contributed by atoms with Crippen LogP contribution in [0, 0.1) is 11.8 Å². The Hall–Kier alpha value is -1.47. The summed E-state index contributed by atoms with van der Waals surface area (Å²) in [6.45, 7) is 1.26. The zero-order valence-corrected chi connectivity index (χ0v) is 17.9. The van der Waals surface area contributed by atoms with Crippen molar-refractivity contribution in [2.75, 3.05) is 0 Å². The van der Waals surface area contributed by atoms with Gasteiger partial charge in [0.15, 0.2) is 0 Å². The summed E-state index contributed by atoms with van der Waals surface area (Å²) < 4.78 is 281. The summed E-state index contributed by atoms with van der Waals surface area (Å²) in [7, 11) is 0.